The van der Waals surface area contributed by atoms with E-state index in [1.165, 1.54) is 38.8 Å². The molecule has 3 heterocycles. The summed E-state index contributed by atoms with van der Waals surface area (Å²) in [6.45, 7) is 5.35. The van der Waals surface area contributed by atoms with E-state index in [0.29, 0.717) is 29.0 Å². The zero-order valence-corrected chi connectivity index (χ0v) is 18.8. The second-order valence-electron chi connectivity index (χ2n) is 9.65. The number of piperidine rings is 3. The quantitative estimate of drug-likeness (QED) is 0.630. The van der Waals surface area contributed by atoms with Gasteiger partial charge in [0.2, 0.25) is 6.41 Å². The smallest absolute Gasteiger partial charge is 0.254 e. The standard InChI is InChI=1S/C25H35N3O3/c1-18(26(2)25(31)21-9-4-3-7-20(21)16-29)11-12-23-22-10-6-14-27-13-5-8-19(24(22)27)15-28(23)17-30/h3-4,7,9,16-19,22-24H,5-6,8,10-15H2,1-2H3/t18?,19-,22+,23?,24-/m0/s1. The number of carbonyl (C=O) groups is 3. The topological polar surface area (TPSA) is 60.9 Å². The lowest BCUT2D eigenvalue weighted by Crippen LogP contribution is -2.64. The van der Waals surface area contributed by atoms with Gasteiger partial charge in [0, 0.05) is 37.3 Å². The highest BCUT2D eigenvalue weighted by Crippen LogP contribution is 2.42. The van der Waals surface area contributed by atoms with E-state index < -0.39 is 0 Å². The van der Waals surface area contributed by atoms with Gasteiger partial charge in [0.1, 0.15) is 0 Å². The van der Waals surface area contributed by atoms with Crippen molar-refractivity contribution in [2.45, 2.75) is 63.6 Å². The minimum Gasteiger partial charge on any atom is -0.342 e. The van der Waals surface area contributed by atoms with Gasteiger partial charge in [-0.05, 0) is 76.4 Å². The van der Waals surface area contributed by atoms with Crippen molar-refractivity contribution >= 4 is 18.6 Å². The predicted octanol–water partition coefficient (Wildman–Crippen LogP) is 3.07. The maximum Gasteiger partial charge on any atom is 0.254 e. The molecule has 3 fully saturated rings. The van der Waals surface area contributed by atoms with Crippen LogP contribution in [0.1, 0.15) is 66.2 Å². The molecule has 5 atom stereocenters. The van der Waals surface area contributed by atoms with Gasteiger partial charge in [-0.15, -0.1) is 0 Å². The highest BCUT2D eigenvalue weighted by molar-refractivity contribution is 6.01. The fourth-order valence-corrected chi connectivity index (χ4v) is 6.32. The van der Waals surface area contributed by atoms with Gasteiger partial charge < -0.3 is 9.80 Å². The fourth-order valence-electron chi connectivity index (χ4n) is 6.32. The van der Waals surface area contributed by atoms with Gasteiger partial charge in [-0.1, -0.05) is 18.2 Å². The molecule has 3 saturated heterocycles. The van der Waals surface area contributed by atoms with E-state index >= 15 is 0 Å². The molecular weight excluding hydrogens is 390 g/mol. The molecule has 2 unspecified atom stereocenters. The number of nitrogens with zero attached hydrogens (tertiary/aromatic N) is 3. The zero-order valence-electron chi connectivity index (χ0n) is 18.8. The minimum absolute atomic E-state index is 0.0319. The minimum atomic E-state index is -0.123. The third-order valence-corrected chi connectivity index (χ3v) is 8.03. The average molecular weight is 426 g/mol. The van der Waals surface area contributed by atoms with Gasteiger partial charge in [-0.3, -0.25) is 19.3 Å². The molecule has 1 aromatic carbocycles. The summed E-state index contributed by atoms with van der Waals surface area (Å²) in [4.78, 5) is 42.8. The van der Waals surface area contributed by atoms with Crippen LogP contribution in [0, 0.1) is 11.8 Å². The van der Waals surface area contributed by atoms with Crippen molar-refractivity contribution in [3.8, 4) is 0 Å². The summed E-state index contributed by atoms with van der Waals surface area (Å²) in [5, 5.41) is 0. The first-order valence-electron chi connectivity index (χ1n) is 11.8. The van der Waals surface area contributed by atoms with E-state index in [2.05, 4.69) is 16.7 Å². The summed E-state index contributed by atoms with van der Waals surface area (Å²) in [5.41, 5.74) is 0.878. The number of carbonyl (C=O) groups excluding carboxylic acids is 3. The Hall–Kier alpha value is -2.21. The number of likely N-dealkylation sites (tertiary alicyclic amines) is 1. The number of aldehydes is 1. The Balaban J connectivity index is 1.43. The van der Waals surface area contributed by atoms with E-state index in [1.807, 2.05) is 7.05 Å². The Morgan fingerprint density at radius 1 is 1.19 bits per heavy atom. The second kappa shape index (κ2) is 9.51. The molecular formula is C25H35N3O3. The zero-order chi connectivity index (χ0) is 22.0. The SMILES string of the molecule is CC(CCC1[C@H]2CCCN3CCC[C@@H](CN1C=O)[C@@H]23)N(C)C(=O)c1ccccc1C=O. The van der Waals surface area contributed by atoms with Gasteiger partial charge in [0.25, 0.3) is 5.91 Å². The molecule has 6 nitrogen and oxygen atoms in total. The lowest BCUT2D eigenvalue weighted by atomic mass is 9.69. The molecule has 0 saturated carbocycles. The molecule has 0 aromatic heterocycles. The van der Waals surface area contributed by atoms with Gasteiger partial charge in [0.05, 0.1) is 5.56 Å². The molecule has 3 aliphatic rings. The molecule has 0 aliphatic carbocycles. The van der Waals surface area contributed by atoms with Crippen LogP contribution < -0.4 is 0 Å². The Labute approximate surface area is 185 Å². The van der Waals surface area contributed by atoms with Crippen LogP contribution in [0.2, 0.25) is 0 Å². The van der Waals surface area contributed by atoms with Crippen LogP contribution in [0.3, 0.4) is 0 Å². The predicted molar refractivity (Wildman–Crippen MR) is 120 cm³/mol. The van der Waals surface area contributed by atoms with Crippen molar-refractivity contribution in [3.05, 3.63) is 35.4 Å². The first-order chi connectivity index (χ1) is 15.0. The van der Waals surface area contributed by atoms with E-state index in [1.54, 1.807) is 29.2 Å². The van der Waals surface area contributed by atoms with Crippen LogP contribution in [-0.2, 0) is 4.79 Å². The summed E-state index contributed by atoms with van der Waals surface area (Å²) in [6.07, 6.45) is 8.45. The highest BCUT2D eigenvalue weighted by atomic mass is 16.2. The van der Waals surface area contributed by atoms with Crippen LogP contribution in [0.4, 0.5) is 0 Å². The van der Waals surface area contributed by atoms with Crippen molar-refractivity contribution in [1.82, 2.24) is 14.7 Å². The Morgan fingerprint density at radius 3 is 2.68 bits per heavy atom. The largest absolute Gasteiger partial charge is 0.342 e. The van der Waals surface area contributed by atoms with Crippen molar-refractivity contribution in [2.24, 2.45) is 11.8 Å². The first kappa shape index (κ1) is 22.0. The average Bonchev–Trinajstić information content (AvgIpc) is 2.82. The number of hydrogen-bond acceptors (Lipinski definition) is 4. The number of rotatable bonds is 7. The van der Waals surface area contributed by atoms with Crippen LogP contribution in [0.25, 0.3) is 0 Å². The third kappa shape index (κ3) is 4.27. The second-order valence-corrected chi connectivity index (χ2v) is 9.65. The maximum atomic E-state index is 13.0. The Kier molecular flexibility index (Phi) is 6.75. The Morgan fingerprint density at radius 2 is 1.94 bits per heavy atom. The summed E-state index contributed by atoms with van der Waals surface area (Å²) in [7, 11) is 1.81. The van der Waals surface area contributed by atoms with Crippen LogP contribution >= 0.6 is 0 Å². The summed E-state index contributed by atoms with van der Waals surface area (Å²) in [6, 6.07) is 7.86. The molecule has 168 valence electrons. The maximum absolute atomic E-state index is 13.0. The third-order valence-electron chi connectivity index (χ3n) is 8.03. The molecule has 0 radical (unpaired) electrons. The molecule has 3 aliphatic heterocycles. The molecule has 31 heavy (non-hydrogen) atoms. The highest BCUT2D eigenvalue weighted by Gasteiger charge is 2.48. The van der Waals surface area contributed by atoms with Gasteiger partial charge >= 0.3 is 0 Å². The molecule has 1 aromatic rings. The lowest BCUT2D eigenvalue weighted by Gasteiger charge is -2.57. The lowest BCUT2D eigenvalue weighted by molar-refractivity contribution is -0.133. The number of amides is 2. The summed E-state index contributed by atoms with van der Waals surface area (Å²) in [5.74, 6) is 1.03. The van der Waals surface area contributed by atoms with Crippen molar-refractivity contribution in [2.75, 3.05) is 26.7 Å². The fraction of sp³-hybridized carbons (Fsp3) is 0.640. The number of hydrogen-bond donors (Lipinski definition) is 0. The van der Waals surface area contributed by atoms with Crippen LogP contribution in [0.15, 0.2) is 24.3 Å². The number of benzene rings is 1. The molecule has 0 bridgehead atoms. The van der Waals surface area contributed by atoms with Crippen molar-refractivity contribution in [3.63, 3.8) is 0 Å². The Bertz CT molecular complexity index is 811. The van der Waals surface area contributed by atoms with Gasteiger partial charge in [-0.25, -0.2) is 0 Å². The molecule has 0 spiro atoms. The van der Waals surface area contributed by atoms with Gasteiger partial charge in [-0.2, -0.15) is 0 Å². The summed E-state index contributed by atoms with van der Waals surface area (Å²) < 4.78 is 0. The molecule has 0 N–H and O–H groups in total. The van der Waals surface area contributed by atoms with Crippen LogP contribution in [-0.4, -0.2) is 78.1 Å². The van der Waals surface area contributed by atoms with E-state index in [9.17, 15) is 14.4 Å². The molecule has 2 amide bonds. The van der Waals surface area contributed by atoms with E-state index in [-0.39, 0.29) is 18.0 Å². The van der Waals surface area contributed by atoms with Crippen molar-refractivity contribution < 1.29 is 14.4 Å². The summed E-state index contributed by atoms with van der Waals surface area (Å²) >= 11 is 0. The van der Waals surface area contributed by atoms with E-state index in [4.69, 9.17) is 0 Å². The first-order valence-corrected chi connectivity index (χ1v) is 11.8. The molecule has 4 rings (SSSR count). The van der Waals surface area contributed by atoms with Crippen molar-refractivity contribution in [1.29, 1.82) is 0 Å². The van der Waals surface area contributed by atoms with E-state index in [0.717, 1.165) is 32.1 Å². The molecule has 6 heteroatoms. The van der Waals surface area contributed by atoms with Crippen LogP contribution in [0.5, 0.6) is 0 Å². The van der Waals surface area contributed by atoms with Gasteiger partial charge in [0.15, 0.2) is 6.29 Å². The monoisotopic (exact) mass is 425 g/mol. The normalized spacial score (nSPS) is 29.0.